The van der Waals surface area contributed by atoms with Gasteiger partial charge in [0.1, 0.15) is 6.04 Å². The van der Waals surface area contributed by atoms with Crippen LogP contribution in [0.2, 0.25) is 0 Å². The van der Waals surface area contributed by atoms with E-state index in [9.17, 15) is 9.90 Å². The minimum absolute atomic E-state index is 0.00380. The fraction of sp³-hybridized carbons (Fsp3) is 0.318. The number of carbonyl (C=O) groups is 1. The van der Waals surface area contributed by atoms with Crippen LogP contribution in [0.25, 0.3) is 10.1 Å². The highest BCUT2D eigenvalue weighted by atomic mass is 32.1. The van der Waals surface area contributed by atoms with Crippen molar-refractivity contribution in [2.24, 2.45) is 0 Å². The van der Waals surface area contributed by atoms with Gasteiger partial charge in [-0.2, -0.15) is 0 Å². The van der Waals surface area contributed by atoms with Crippen LogP contribution in [-0.2, 0) is 4.79 Å². The number of fused-ring (bicyclic) bond motifs is 1. The number of carboxylic acid groups (broad SMARTS) is 1. The van der Waals surface area contributed by atoms with Gasteiger partial charge in [-0.3, -0.25) is 9.69 Å². The van der Waals surface area contributed by atoms with Crippen LogP contribution < -0.4 is 0 Å². The second kappa shape index (κ2) is 6.86. The van der Waals surface area contributed by atoms with E-state index in [1.807, 2.05) is 0 Å². The Hall–Kier alpha value is -2.17. The van der Waals surface area contributed by atoms with Crippen LogP contribution in [0.1, 0.15) is 40.5 Å². The minimum atomic E-state index is -0.709. The first-order chi connectivity index (χ1) is 12.5. The lowest BCUT2D eigenvalue weighted by Gasteiger charge is -2.32. The molecule has 26 heavy (non-hydrogen) atoms. The van der Waals surface area contributed by atoms with Crippen molar-refractivity contribution in [2.45, 2.75) is 38.8 Å². The smallest absolute Gasteiger partial charge is 0.320 e. The molecule has 0 bridgehead atoms. The molecular formula is C22H23NO2S. The molecule has 1 fully saturated rings. The normalized spacial score (nSPS) is 19.1. The maximum atomic E-state index is 11.9. The highest BCUT2D eigenvalue weighted by Crippen LogP contribution is 2.41. The van der Waals surface area contributed by atoms with Crippen LogP contribution in [0.4, 0.5) is 0 Å². The van der Waals surface area contributed by atoms with E-state index in [1.54, 1.807) is 11.3 Å². The van der Waals surface area contributed by atoms with Crippen molar-refractivity contribution in [2.75, 3.05) is 6.54 Å². The summed E-state index contributed by atoms with van der Waals surface area (Å²) in [6.07, 6.45) is 1.66. The van der Waals surface area contributed by atoms with Gasteiger partial charge in [-0.15, -0.1) is 11.3 Å². The van der Waals surface area contributed by atoms with Crippen molar-refractivity contribution < 1.29 is 9.90 Å². The molecule has 134 valence electrons. The van der Waals surface area contributed by atoms with E-state index < -0.39 is 12.0 Å². The van der Waals surface area contributed by atoms with E-state index in [0.717, 1.165) is 19.4 Å². The van der Waals surface area contributed by atoms with Gasteiger partial charge < -0.3 is 5.11 Å². The summed E-state index contributed by atoms with van der Waals surface area (Å²) in [5.41, 5.74) is 3.65. The van der Waals surface area contributed by atoms with Crippen LogP contribution in [0.3, 0.4) is 0 Å². The molecular weight excluding hydrogens is 342 g/mol. The van der Waals surface area contributed by atoms with Gasteiger partial charge in [0.2, 0.25) is 0 Å². The van der Waals surface area contributed by atoms with Crippen molar-refractivity contribution in [1.82, 2.24) is 4.90 Å². The Balaban J connectivity index is 1.88. The number of aliphatic carboxylic acids is 1. The molecule has 0 aliphatic carbocycles. The van der Waals surface area contributed by atoms with Gasteiger partial charge >= 0.3 is 5.97 Å². The molecule has 2 atom stereocenters. The molecule has 1 aliphatic heterocycles. The minimum Gasteiger partial charge on any atom is -0.480 e. The summed E-state index contributed by atoms with van der Waals surface area (Å²) < 4.78 is 1.25. The molecule has 3 aromatic rings. The molecule has 4 heteroatoms. The summed E-state index contributed by atoms with van der Waals surface area (Å²) in [5.74, 6) is -0.709. The quantitative estimate of drug-likeness (QED) is 0.694. The molecule has 1 saturated heterocycles. The van der Waals surface area contributed by atoms with E-state index in [2.05, 4.69) is 67.3 Å². The molecule has 1 aromatic heterocycles. The molecule has 1 N–H and O–H groups in total. The van der Waals surface area contributed by atoms with Crippen molar-refractivity contribution in [1.29, 1.82) is 0 Å². The lowest BCUT2D eigenvalue weighted by atomic mass is 9.95. The number of nitrogens with zero attached hydrogens (tertiary/aromatic N) is 1. The number of rotatable bonds is 4. The van der Waals surface area contributed by atoms with E-state index in [1.165, 1.54) is 31.7 Å². The topological polar surface area (TPSA) is 40.5 Å². The van der Waals surface area contributed by atoms with Crippen LogP contribution in [0.15, 0.2) is 48.5 Å². The highest BCUT2D eigenvalue weighted by molar-refractivity contribution is 7.19. The third kappa shape index (κ3) is 3.04. The van der Waals surface area contributed by atoms with Crippen LogP contribution in [0.5, 0.6) is 0 Å². The van der Waals surface area contributed by atoms with Crippen molar-refractivity contribution in [3.05, 3.63) is 70.1 Å². The van der Waals surface area contributed by atoms with E-state index in [0.29, 0.717) is 0 Å². The Labute approximate surface area is 157 Å². The van der Waals surface area contributed by atoms with Crippen LogP contribution >= 0.6 is 11.3 Å². The highest BCUT2D eigenvalue weighted by Gasteiger charge is 2.38. The SMILES string of the molecule is Cc1ccc(C)c(C(c2cc3ccccc3s2)N2CCCC2C(=O)O)c1. The molecule has 0 spiro atoms. The number of carboxylic acids is 1. The number of hydrogen-bond acceptors (Lipinski definition) is 3. The standard InChI is InChI=1S/C22H23NO2S/c1-14-9-10-15(2)17(12-14)21(23-11-5-7-18(23)22(24)25)20-13-16-6-3-4-8-19(16)26-20/h3-4,6,8-10,12-13,18,21H,5,7,11H2,1-2H3,(H,24,25). The first kappa shape index (κ1) is 17.3. The van der Waals surface area contributed by atoms with Crippen molar-refractivity contribution in [3.63, 3.8) is 0 Å². The molecule has 2 aromatic carbocycles. The third-order valence-corrected chi connectivity index (χ3v) is 6.52. The third-order valence-electron chi connectivity index (χ3n) is 5.35. The second-order valence-electron chi connectivity index (χ2n) is 7.18. The lowest BCUT2D eigenvalue weighted by molar-refractivity contribution is -0.142. The number of thiophene rings is 1. The summed E-state index contributed by atoms with van der Waals surface area (Å²) >= 11 is 1.78. The largest absolute Gasteiger partial charge is 0.480 e. The predicted octanol–water partition coefficient (Wildman–Crippen LogP) is 5.16. The zero-order valence-corrected chi connectivity index (χ0v) is 15.9. The molecule has 2 heterocycles. The second-order valence-corrected chi connectivity index (χ2v) is 8.30. The van der Waals surface area contributed by atoms with Gasteiger partial charge in [0.05, 0.1) is 6.04 Å². The van der Waals surface area contributed by atoms with Gasteiger partial charge in [-0.25, -0.2) is 0 Å². The molecule has 2 unspecified atom stereocenters. The molecule has 3 nitrogen and oxygen atoms in total. The summed E-state index contributed by atoms with van der Waals surface area (Å²) in [6, 6.07) is 16.7. The number of aryl methyl sites for hydroxylation is 2. The molecule has 0 amide bonds. The summed E-state index contributed by atoms with van der Waals surface area (Å²) in [6.45, 7) is 5.05. The van der Waals surface area contributed by atoms with E-state index in [4.69, 9.17) is 0 Å². The molecule has 0 saturated carbocycles. The van der Waals surface area contributed by atoms with Crippen molar-refractivity contribution >= 4 is 27.4 Å². The summed E-state index contributed by atoms with van der Waals surface area (Å²) in [7, 11) is 0. The number of likely N-dealkylation sites (tertiary alicyclic amines) is 1. The van der Waals surface area contributed by atoms with Crippen molar-refractivity contribution in [3.8, 4) is 0 Å². The maximum absolute atomic E-state index is 11.9. The Kier molecular flexibility index (Phi) is 4.55. The van der Waals surface area contributed by atoms with Crippen LogP contribution in [0, 0.1) is 13.8 Å². The van der Waals surface area contributed by atoms with Gasteiger partial charge in [0.15, 0.2) is 0 Å². The Bertz CT molecular complexity index is 929. The van der Waals surface area contributed by atoms with Gasteiger partial charge in [-0.1, -0.05) is 42.0 Å². The van der Waals surface area contributed by atoms with Gasteiger partial charge in [0.25, 0.3) is 0 Å². The number of hydrogen-bond donors (Lipinski definition) is 1. The van der Waals surface area contributed by atoms with E-state index in [-0.39, 0.29) is 6.04 Å². The van der Waals surface area contributed by atoms with Gasteiger partial charge in [0, 0.05) is 16.1 Å². The molecule has 4 rings (SSSR count). The Morgan fingerprint density at radius 1 is 1.19 bits per heavy atom. The fourth-order valence-corrected chi connectivity index (χ4v) is 5.26. The zero-order chi connectivity index (χ0) is 18.3. The predicted molar refractivity (Wildman–Crippen MR) is 107 cm³/mol. The number of benzene rings is 2. The summed E-state index contributed by atoms with van der Waals surface area (Å²) in [4.78, 5) is 15.3. The van der Waals surface area contributed by atoms with Gasteiger partial charge in [-0.05, 0) is 55.3 Å². The van der Waals surface area contributed by atoms with E-state index >= 15 is 0 Å². The Morgan fingerprint density at radius 2 is 2.00 bits per heavy atom. The average Bonchev–Trinajstić information content (AvgIpc) is 3.25. The first-order valence-corrected chi connectivity index (χ1v) is 9.90. The first-order valence-electron chi connectivity index (χ1n) is 9.09. The monoisotopic (exact) mass is 365 g/mol. The lowest BCUT2D eigenvalue weighted by Crippen LogP contribution is -2.39. The molecule has 0 radical (unpaired) electrons. The average molecular weight is 365 g/mol. The Morgan fingerprint density at radius 3 is 2.77 bits per heavy atom. The summed E-state index contributed by atoms with van der Waals surface area (Å²) in [5, 5.41) is 11.0. The molecule has 1 aliphatic rings. The zero-order valence-electron chi connectivity index (χ0n) is 15.1. The van der Waals surface area contributed by atoms with Crippen LogP contribution in [-0.4, -0.2) is 28.6 Å². The maximum Gasteiger partial charge on any atom is 0.320 e. The fourth-order valence-electron chi connectivity index (χ4n) is 4.05.